The van der Waals surface area contributed by atoms with Gasteiger partial charge in [0.1, 0.15) is 0 Å². The van der Waals surface area contributed by atoms with Gasteiger partial charge in [0.15, 0.2) is 0 Å². The molecule has 0 saturated heterocycles. The van der Waals surface area contributed by atoms with Crippen molar-refractivity contribution in [2.75, 3.05) is 14.2 Å². The van der Waals surface area contributed by atoms with Crippen LogP contribution in [0.15, 0.2) is 0 Å². The molecule has 0 N–H and O–H groups in total. The van der Waals surface area contributed by atoms with Crippen molar-refractivity contribution >= 4 is 0 Å². The molecule has 1 nitrogen and oxygen atoms in total. The molecule has 0 aliphatic carbocycles. The Hall–Kier alpha value is -0.0400. The van der Waals surface area contributed by atoms with E-state index in [9.17, 15) is 0 Å². The monoisotopic (exact) mass is 186 g/mol. The highest BCUT2D eigenvalue weighted by Gasteiger charge is 1.25. The molecule has 1 heteroatoms. The van der Waals surface area contributed by atoms with Gasteiger partial charge in [-0.1, -0.05) is 64.8 Å². The molecule has 0 aromatic carbocycles. The third-order valence-electron chi connectivity index (χ3n) is 0. The summed E-state index contributed by atoms with van der Waals surface area (Å²) in [6.45, 7) is 8.00. The lowest BCUT2D eigenvalue weighted by molar-refractivity contribution is 0.277. The normalized spacial score (nSPS) is 2.50. The maximum absolute atomic E-state index is 4.25. The molecule has 0 aliphatic heterocycles. The Balaban J connectivity index is -0.00000000281. The predicted molar refractivity (Wildman–Crippen MR) is 69.3 cm³/mol. The average Bonchev–Trinajstić information content (AvgIpc) is 1.78. The molecule has 0 aromatic rings. The minimum absolute atomic E-state index is 0. The van der Waals surface area contributed by atoms with Gasteiger partial charge >= 0.3 is 0 Å². The van der Waals surface area contributed by atoms with Gasteiger partial charge < -0.3 is 4.74 Å². The summed E-state index contributed by atoms with van der Waals surface area (Å²) in [4.78, 5) is 0. The number of methoxy groups -OCH3 is 1. The van der Waals surface area contributed by atoms with E-state index in [-0.39, 0.29) is 37.1 Å². The van der Waals surface area contributed by atoms with Crippen LogP contribution < -0.4 is 0 Å². The first kappa shape index (κ1) is 91.6. The van der Waals surface area contributed by atoms with Crippen LogP contribution in [-0.4, -0.2) is 14.2 Å². The van der Waals surface area contributed by atoms with E-state index >= 15 is 0 Å². The van der Waals surface area contributed by atoms with Crippen LogP contribution >= 0.6 is 0 Å². The van der Waals surface area contributed by atoms with Crippen molar-refractivity contribution in [1.82, 2.24) is 0 Å². The zero-order valence-corrected chi connectivity index (χ0v) is 6.41. The van der Waals surface area contributed by atoms with E-state index < -0.39 is 0 Å². The fourth-order valence-electron chi connectivity index (χ4n) is 0. The SMILES string of the molecule is C.C.C.C.C.CC.CC.COC. The number of ether oxygens (including phenoxy) is 1. The standard InChI is InChI=1S/C2H6O.2C2H6.5CH4/c1-3-2;2*1-2;;;;;/h1-2H3;2*1-2H3;5*1H4. The smallest absolute Gasteiger partial charge is 0.0351 e. The minimum Gasteiger partial charge on any atom is -0.388 e. The quantitative estimate of drug-likeness (QED) is 0.485. The Bertz CT molecular complexity index is 4.97. The molecule has 12 heavy (non-hydrogen) atoms. The van der Waals surface area contributed by atoms with Crippen molar-refractivity contribution in [3.05, 3.63) is 0 Å². The van der Waals surface area contributed by atoms with Gasteiger partial charge in [-0.3, -0.25) is 0 Å². The minimum atomic E-state index is 0. The Kier molecular flexibility index (Phi) is 9010. The van der Waals surface area contributed by atoms with Crippen LogP contribution in [0.1, 0.15) is 64.8 Å². The van der Waals surface area contributed by atoms with Crippen molar-refractivity contribution in [1.29, 1.82) is 0 Å². The second-order valence-electron chi connectivity index (χ2n) is 0.408. The largest absolute Gasteiger partial charge is 0.388 e. The van der Waals surface area contributed by atoms with Crippen molar-refractivity contribution in [3.8, 4) is 0 Å². The maximum atomic E-state index is 4.25. The van der Waals surface area contributed by atoms with E-state index in [0.717, 1.165) is 0 Å². The molecule has 0 spiro atoms. The summed E-state index contributed by atoms with van der Waals surface area (Å²) >= 11 is 0. The lowest BCUT2D eigenvalue weighted by atomic mass is 11.0. The zero-order valence-electron chi connectivity index (χ0n) is 6.41. The van der Waals surface area contributed by atoms with Gasteiger partial charge in [-0.25, -0.2) is 0 Å². The Labute approximate surface area is 84.5 Å². The Morgan fingerprint density at radius 1 is 0.500 bits per heavy atom. The number of hydrogen-bond donors (Lipinski definition) is 0. The molecular formula is C11H38O. The van der Waals surface area contributed by atoms with E-state index in [0.29, 0.717) is 0 Å². The van der Waals surface area contributed by atoms with Crippen LogP contribution in [0.25, 0.3) is 0 Å². The highest BCUT2D eigenvalue weighted by molar-refractivity contribution is 3.56. The molecule has 0 unspecified atom stereocenters. The molecule has 0 fully saturated rings. The molecule has 0 aromatic heterocycles. The first-order valence-corrected chi connectivity index (χ1v) is 2.82. The van der Waals surface area contributed by atoms with Crippen molar-refractivity contribution in [3.63, 3.8) is 0 Å². The number of rotatable bonds is 0. The van der Waals surface area contributed by atoms with Gasteiger partial charge in [0.25, 0.3) is 0 Å². The van der Waals surface area contributed by atoms with Gasteiger partial charge in [-0.15, -0.1) is 0 Å². The fraction of sp³-hybridized carbons (Fsp3) is 1.00. The van der Waals surface area contributed by atoms with Gasteiger partial charge in [0.2, 0.25) is 0 Å². The van der Waals surface area contributed by atoms with E-state index in [4.69, 9.17) is 0 Å². The van der Waals surface area contributed by atoms with Crippen LogP contribution in [0, 0.1) is 0 Å². The molecule has 0 rings (SSSR count). The van der Waals surface area contributed by atoms with Gasteiger partial charge in [-0.05, 0) is 0 Å². The van der Waals surface area contributed by atoms with Gasteiger partial charge in [0.05, 0.1) is 0 Å². The summed E-state index contributed by atoms with van der Waals surface area (Å²) in [5.41, 5.74) is 0. The molecule has 0 saturated carbocycles. The lowest BCUT2D eigenvalue weighted by Crippen LogP contribution is -1.55. The highest BCUT2D eigenvalue weighted by atomic mass is 16.4. The second kappa shape index (κ2) is 1180. The lowest BCUT2D eigenvalue weighted by Gasteiger charge is -1.61. The average molecular weight is 186 g/mol. The van der Waals surface area contributed by atoms with Crippen molar-refractivity contribution < 1.29 is 4.74 Å². The van der Waals surface area contributed by atoms with E-state index in [1.54, 1.807) is 14.2 Å². The zero-order chi connectivity index (χ0) is 6.71. The van der Waals surface area contributed by atoms with E-state index in [1.165, 1.54) is 0 Å². The van der Waals surface area contributed by atoms with Crippen molar-refractivity contribution in [2.45, 2.75) is 64.8 Å². The predicted octanol–water partition coefficient (Wildman–Crippen LogP) is 5.50. The molecule has 0 atom stereocenters. The van der Waals surface area contributed by atoms with E-state index in [1.807, 2.05) is 27.7 Å². The molecule has 0 bridgehead atoms. The summed E-state index contributed by atoms with van der Waals surface area (Å²) in [6, 6.07) is 0. The summed E-state index contributed by atoms with van der Waals surface area (Å²) in [7, 11) is 3.25. The molecule has 0 amide bonds. The molecular weight excluding hydrogens is 148 g/mol. The first-order chi connectivity index (χ1) is 3.41. The summed E-state index contributed by atoms with van der Waals surface area (Å²) in [6.07, 6.45) is 0. The van der Waals surface area contributed by atoms with Crippen LogP contribution in [0.5, 0.6) is 0 Å². The molecule has 0 radical (unpaired) electrons. The van der Waals surface area contributed by atoms with Crippen LogP contribution in [0.3, 0.4) is 0 Å². The third-order valence-corrected chi connectivity index (χ3v) is 0. The molecule has 88 valence electrons. The Morgan fingerprint density at radius 3 is 0.500 bits per heavy atom. The first-order valence-electron chi connectivity index (χ1n) is 2.82. The second-order valence-corrected chi connectivity index (χ2v) is 0.408. The van der Waals surface area contributed by atoms with E-state index in [2.05, 4.69) is 4.74 Å². The molecule has 0 aliphatic rings. The fourth-order valence-corrected chi connectivity index (χ4v) is 0. The topological polar surface area (TPSA) is 9.23 Å². The summed E-state index contributed by atoms with van der Waals surface area (Å²) in [5.74, 6) is 0. The summed E-state index contributed by atoms with van der Waals surface area (Å²) in [5, 5.41) is 0. The highest BCUT2D eigenvalue weighted by Crippen LogP contribution is 1.28. The van der Waals surface area contributed by atoms with Crippen LogP contribution in [0.2, 0.25) is 0 Å². The Morgan fingerprint density at radius 2 is 0.500 bits per heavy atom. The van der Waals surface area contributed by atoms with Gasteiger partial charge in [-0.2, -0.15) is 0 Å². The molecule has 0 heterocycles. The third kappa shape index (κ3) is 500000. The maximum Gasteiger partial charge on any atom is 0.0351 e. The van der Waals surface area contributed by atoms with Crippen molar-refractivity contribution in [2.24, 2.45) is 0 Å². The van der Waals surface area contributed by atoms with Crippen LogP contribution in [0.4, 0.5) is 0 Å². The number of hydrogen-bond acceptors (Lipinski definition) is 1. The van der Waals surface area contributed by atoms with Crippen LogP contribution in [-0.2, 0) is 4.74 Å². The van der Waals surface area contributed by atoms with Gasteiger partial charge in [0, 0.05) is 14.2 Å². The summed E-state index contributed by atoms with van der Waals surface area (Å²) < 4.78 is 4.25.